The van der Waals surface area contributed by atoms with Crippen LogP contribution in [0.4, 0.5) is 19.1 Å². The molecule has 1 saturated carbocycles. The molecule has 1 aromatic carbocycles. The van der Waals surface area contributed by atoms with Crippen molar-refractivity contribution in [2.45, 2.75) is 71.3 Å². The van der Waals surface area contributed by atoms with Crippen molar-refractivity contribution in [3.05, 3.63) is 72.0 Å². The van der Waals surface area contributed by atoms with Crippen molar-refractivity contribution in [3.63, 3.8) is 0 Å². The number of hydrazine groups is 1. The highest BCUT2D eigenvalue weighted by molar-refractivity contribution is 5.66. The summed E-state index contributed by atoms with van der Waals surface area (Å²) in [4.78, 5) is 28.4. The average Bonchev–Trinajstić information content (AvgIpc) is 3.78. The topological polar surface area (TPSA) is 150 Å². The lowest BCUT2D eigenvalue weighted by atomic mass is 10.1. The van der Waals surface area contributed by atoms with Crippen LogP contribution in [0, 0.1) is 0 Å². The summed E-state index contributed by atoms with van der Waals surface area (Å²) in [5.74, 6) is 7.97. The molecule has 0 atom stereocenters. The predicted octanol–water partition coefficient (Wildman–Crippen LogP) is 5.07. The van der Waals surface area contributed by atoms with Crippen molar-refractivity contribution in [2.75, 3.05) is 18.6 Å². The number of nitrogens with zero attached hydrogens (tertiary/aromatic N) is 9. The lowest BCUT2D eigenvalue weighted by Gasteiger charge is -2.31. The maximum absolute atomic E-state index is 13.5. The molecule has 0 amide bonds. The Labute approximate surface area is 265 Å². The number of hydrogen-bond acceptors (Lipinski definition) is 11. The van der Waals surface area contributed by atoms with Gasteiger partial charge in [-0.3, -0.25) is 0 Å². The van der Waals surface area contributed by atoms with E-state index in [1.54, 1.807) is 17.1 Å². The smallest absolute Gasteiger partial charge is 0.434 e. The zero-order valence-electron chi connectivity index (χ0n) is 26.4. The molecule has 4 N–H and O–H groups in total. The molecule has 5 rings (SSSR count). The van der Waals surface area contributed by atoms with Crippen molar-refractivity contribution in [1.29, 1.82) is 0 Å². The van der Waals surface area contributed by atoms with Gasteiger partial charge in [0.1, 0.15) is 24.0 Å². The molecule has 1 aliphatic rings. The van der Waals surface area contributed by atoms with E-state index in [0.29, 0.717) is 41.0 Å². The van der Waals surface area contributed by atoms with Crippen LogP contribution >= 0.6 is 0 Å². The molecule has 3 heterocycles. The maximum Gasteiger partial charge on any atom is 0.434 e. The minimum absolute atomic E-state index is 0.0389. The Morgan fingerprint density at radius 3 is 2.33 bits per heavy atom. The van der Waals surface area contributed by atoms with Gasteiger partial charge in [0.2, 0.25) is 11.8 Å². The quantitative estimate of drug-likeness (QED) is 0.158. The van der Waals surface area contributed by atoms with E-state index in [2.05, 4.69) is 24.9 Å². The van der Waals surface area contributed by atoms with Gasteiger partial charge in [-0.05, 0) is 46.1 Å². The molecule has 0 unspecified atom stereocenters. The first-order chi connectivity index (χ1) is 21.9. The summed E-state index contributed by atoms with van der Waals surface area (Å²) >= 11 is 0. The van der Waals surface area contributed by atoms with Crippen molar-refractivity contribution < 1.29 is 17.9 Å². The normalized spacial score (nSPS) is 13.8. The van der Waals surface area contributed by atoms with E-state index in [-0.39, 0.29) is 30.4 Å². The number of aromatic nitrogens is 7. The van der Waals surface area contributed by atoms with Gasteiger partial charge in [0.15, 0.2) is 11.5 Å². The van der Waals surface area contributed by atoms with Gasteiger partial charge >= 0.3 is 6.18 Å². The predicted molar refractivity (Wildman–Crippen MR) is 167 cm³/mol. The number of rotatable bonds is 12. The Balaban J connectivity index is 1.51. The molecule has 1 fully saturated rings. The van der Waals surface area contributed by atoms with E-state index < -0.39 is 11.9 Å². The second-order valence-corrected chi connectivity index (χ2v) is 11.7. The molecule has 46 heavy (non-hydrogen) atoms. The monoisotopic (exact) mass is 637 g/mol. The number of ether oxygens (including phenoxy) is 1. The van der Waals surface area contributed by atoms with Gasteiger partial charge in [-0.2, -0.15) is 18.2 Å². The number of nitrogens with two attached hydrogens (primary N) is 2. The summed E-state index contributed by atoms with van der Waals surface area (Å²) in [7, 11) is 1.54. The summed E-state index contributed by atoms with van der Waals surface area (Å²) in [6.45, 7) is 8.08. The molecule has 0 bridgehead atoms. The largest absolute Gasteiger partial charge is 0.480 e. The van der Waals surface area contributed by atoms with Gasteiger partial charge < -0.3 is 24.9 Å². The molecule has 4 aromatic rings. The fourth-order valence-electron chi connectivity index (χ4n) is 5.04. The van der Waals surface area contributed by atoms with Gasteiger partial charge in [-0.25, -0.2) is 30.8 Å². The second kappa shape index (κ2) is 13.3. The minimum atomic E-state index is -4.55. The van der Waals surface area contributed by atoms with Crippen LogP contribution in [-0.2, 0) is 12.7 Å². The van der Waals surface area contributed by atoms with Crippen molar-refractivity contribution in [2.24, 2.45) is 11.6 Å². The number of benzene rings is 1. The molecule has 15 heteroatoms. The Morgan fingerprint density at radius 2 is 1.74 bits per heavy atom. The van der Waals surface area contributed by atoms with Crippen LogP contribution in [0.15, 0.2) is 55.0 Å². The number of alkyl halides is 3. The van der Waals surface area contributed by atoms with E-state index >= 15 is 0 Å². The van der Waals surface area contributed by atoms with Crippen molar-refractivity contribution in [1.82, 2.24) is 39.5 Å². The Hall–Kier alpha value is -4.79. The third kappa shape index (κ3) is 7.03. The van der Waals surface area contributed by atoms with Crippen LogP contribution in [0.3, 0.4) is 0 Å². The number of imidazole rings is 1. The van der Waals surface area contributed by atoms with Crippen LogP contribution in [-0.4, -0.2) is 59.2 Å². The van der Waals surface area contributed by atoms with Crippen LogP contribution in [0.1, 0.15) is 69.4 Å². The van der Waals surface area contributed by atoms with E-state index in [0.717, 1.165) is 30.3 Å². The Kier molecular flexibility index (Phi) is 9.42. The number of hydrogen-bond donors (Lipinski definition) is 2. The third-order valence-electron chi connectivity index (χ3n) is 7.66. The molecule has 0 saturated heterocycles. The van der Waals surface area contributed by atoms with Crippen molar-refractivity contribution in [3.8, 4) is 28.7 Å². The lowest BCUT2D eigenvalue weighted by Crippen LogP contribution is -2.42. The zero-order valence-corrected chi connectivity index (χ0v) is 26.4. The molecule has 3 aromatic heterocycles. The van der Waals surface area contributed by atoms with Gasteiger partial charge in [-0.1, -0.05) is 24.3 Å². The first kappa shape index (κ1) is 32.6. The van der Waals surface area contributed by atoms with Gasteiger partial charge in [0, 0.05) is 42.5 Å². The molecule has 0 spiro atoms. The standard InChI is InChI=1S/C31H38F3N11O/c1-18(2)44-15-24(31(32,33)34)41-28(44)22-8-6-20(7-9-22)13-43(14-23(12-35)45(36)19(3)4)30-40-17-38-27(42-30)25-26(21-10-11-21)37-16-39-29(25)46-5/h6-9,12,15-19,21H,10-11,13-14,35-36H2,1-5H3/b23-12-. The molecule has 12 nitrogen and oxygen atoms in total. The number of anilines is 1. The van der Waals surface area contributed by atoms with Crippen LogP contribution in [0.25, 0.3) is 22.8 Å². The van der Waals surface area contributed by atoms with Crippen LogP contribution < -0.4 is 21.2 Å². The first-order valence-electron chi connectivity index (χ1n) is 14.9. The lowest BCUT2D eigenvalue weighted by molar-refractivity contribution is -0.140. The molecular weight excluding hydrogens is 599 g/mol. The maximum atomic E-state index is 13.5. The third-order valence-corrected chi connectivity index (χ3v) is 7.66. The van der Waals surface area contributed by atoms with E-state index in [9.17, 15) is 13.2 Å². The van der Waals surface area contributed by atoms with Crippen LogP contribution in [0.5, 0.6) is 5.88 Å². The molecule has 1 aliphatic carbocycles. The summed E-state index contributed by atoms with van der Waals surface area (Å²) in [6.07, 6.45) is 2.86. The first-order valence-corrected chi connectivity index (χ1v) is 14.9. The van der Waals surface area contributed by atoms with Crippen molar-refractivity contribution >= 4 is 5.95 Å². The summed E-state index contributed by atoms with van der Waals surface area (Å²) in [5.41, 5.74) is 8.57. The molecule has 0 aliphatic heterocycles. The van der Waals surface area contributed by atoms with Gasteiger partial charge in [-0.15, -0.1) is 0 Å². The second-order valence-electron chi connectivity index (χ2n) is 11.7. The van der Waals surface area contributed by atoms with E-state index in [1.807, 2.05) is 44.7 Å². The summed E-state index contributed by atoms with van der Waals surface area (Å²) in [5, 5.41) is 1.57. The number of halogens is 3. The molecule has 244 valence electrons. The van der Waals surface area contributed by atoms with Gasteiger partial charge in [0.05, 0.1) is 25.0 Å². The Bertz CT molecular complexity index is 1680. The van der Waals surface area contributed by atoms with Crippen LogP contribution in [0.2, 0.25) is 0 Å². The SMILES string of the molecule is COc1ncnc(C2CC2)c1-c1ncnc(N(C/C(=C/N)N(N)C(C)C)Cc2ccc(-c3nc(C(F)(F)F)cn3C(C)C)cc2)n1. The molecular formula is C31H38F3N11O. The fourth-order valence-corrected chi connectivity index (χ4v) is 5.04. The highest BCUT2D eigenvalue weighted by Gasteiger charge is 2.35. The van der Waals surface area contributed by atoms with E-state index in [1.165, 1.54) is 30.5 Å². The van der Waals surface area contributed by atoms with Gasteiger partial charge in [0.25, 0.3) is 0 Å². The highest BCUT2D eigenvalue weighted by Crippen LogP contribution is 2.45. The number of methoxy groups -OCH3 is 1. The average molecular weight is 638 g/mol. The zero-order chi connectivity index (χ0) is 33.2. The fraction of sp³-hybridized carbons (Fsp3) is 0.419. The summed E-state index contributed by atoms with van der Waals surface area (Å²) in [6, 6.07) is 6.93. The highest BCUT2D eigenvalue weighted by atomic mass is 19.4. The van der Waals surface area contributed by atoms with E-state index in [4.69, 9.17) is 21.3 Å². The Morgan fingerprint density at radius 1 is 1.04 bits per heavy atom. The summed E-state index contributed by atoms with van der Waals surface area (Å²) < 4.78 is 47.5. The minimum Gasteiger partial charge on any atom is -0.480 e. The molecule has 0 radical (unpaired) electrons.